The summed E-state index contributed by atoms with van der Waals surface area (Å²) in [6.45, 7) is 3.73. The number of hydrogen-bond donors (Lipinski definition) is 1. The number of pyridine rings is 1. The largest absolute Gasteiger partial charge is 0.507 e. The lowest BCUT2D eigenvalue weighted by atomic mass is 10.1. The molecule has 0 fully saturated rings. The number of nitrogens with zero attached hydrogens (tertiary/aromatic N) is 1. The fourth-order valence-corrected chi connectivity index (χ4v) is 2.94. The predicted molar refractivity (Wildman–Crippen MR) is 112 cm³/mol. The Morgan fingerprint density at radius 1 is 0.964 bits per heavy atom. The predicted octanol–water partition coefficient (Wildman–Crippen LogP) is 6.62. The summed E-state index contributed by atoms with van der Waals surface area (Å²) in [7, 11) is 0. The molecular weight excluding hydrogens is 397 g/mol. The van der Waals surface area contributed by atoms with E-state index in [1.54, 1.807) is 19.3 Å². The molecule has 0 aliphatic carbocycles. The Morgan fingerprint density at radius 3 is 2.29 bits per heavy atom. The lowest BCUT2D eigenvalue weighted by molar-refractivity contribution is 0.112. The van der Waals surface area contributed by atoms with Gasteiger partial charge in [0, 0.05) is 33.4 Å². The van der Waals surface area contributed by atoms with Crippen LogP contribution >= 0.6 is 23.2 Å². The number of halogens is 2. The van der Waals surface area contributed by atoms with Crippen molar-refractivity contribution in [2.24, 2.45) is 0 Å². The molecule has 0 saturated heterocycles. The van der Waals surface area contributed by atoms with Crippen molar-refractivity contribution in [3.8, 4) is 17.1 Å². The number of aldehydes is 1. The number of rotatable bonds is 2. The van der Waals surface area contributed by atoms with Crippen LogP contribution in [0.1, 0.15) is 21.5 Å². The van der Waals surface area contributed by atoms with Crippen molar-refractivity contribution < 1.29 is 14.3 Å². The number of phenolic OH excluding ortho intramolecular Hbond substituents is 1. The van der Waals surface area contributed by atoms with Gasteiger partial charge in [-0.15, -0.1) is 0 Å². The maximum Gasteiger partial charge on any atom is 0.153 e. The number of aromatic hydroxyl groups is 1. The van der Waals surface area contributed by atoms with Gasteiger partial charge in [-0.3, -0.25) is 9.78 Å². The molecule has 0 saturated carbocycles. The fraction of sp³-hybridized carbons (Fsp3) is 0.0909. The molecule has 2 aromatic carbocycles. The quantitative estimate of drug-likeness (QED) is 0.374. The number of hydrogen-bond acceptors (Lipinski definition) is 4. The monoisotopic (exact) mass is 413 g/mol. The van der Waals surface area contributed by atoms with Crippen LogP contribution in [0.15, 0.2) is 59.3 Å². The molecular formula is C22H17Cl2NO3. The molecule has 142 valence electrons. The Bertz CT molecular complexity index is 1100. The van der Waals surface area contributed by atoms with Gasteiger partial charge < -0.3 is 9.52 Å². The first kappa shape index (κ1) is 19.9. The van der Waals surface area contributed by atoms with Crippen molar-refractivity contribution in [1.82, 2.24) is 4.98 Å². The first-order valence-corrected chi connectivity index (χ1v) is 9.19. The van der Waals surface area contributed by atoms with Crippen LogP contribution in [0, 0.1) is 13.8 Å². The molecule has 2 heterocycles. The van der Waals surface area contributed by atoms with E-state index >= 15 is 0 Å². The van der Waals surface area contributed by atoms with Crippen molar-refractivity contribution in [3.63, 3.8) is 0 Å². The molecule has 0 aliphatic heterocycles. The maximum absolute atomic E-state index is 10.3. The van der Waals surface area contributed by atoms with Crippen molar-refractivity contribution in [2.75, 3.05) is 0 Å². The zero-order chi connectivity index (χ0) is 20.3. The van der Waals surface area contributed by atoms with Gasteiger partial charge in [0.15, 0.2) is 6.29 Å². The number of aryl methyl sites for hydroxylation is 2. The Morgan fingerprint density at radius 2 is 1.61 bits per heavy atom. The molecule has 0 unspecified atom stereocenters. The first-order valence-electron chi connectivity index (χ1n) is 8.43. The van der Waals surface area contributed by atoms with Crippen LogP contribution in [0.25, 0.3) is 22.3 Å². The van der Waals surface area contributed by atoms with Crippen LogP contribution in [-0.4, -0.2) is 16.4 Å². The molecule has 1 N–H and O–H groups in total. The lowest BCUT2D eigenvalue weighted by Crippen LogP contribution is -1.83. The van der Waals surface area contributed by atoms with Crippen LogP contribution in [-0.2, 0) is 0 Å². The summed E-state index contributed by atoms with van der Waals surface area (Å²) in [5.74, 6) is 0.811. The van der Waals surface area contributed by atoms with Gasteiger partial charge in [-0.1, -0.05) is 23.2 Å². The van der Waals surface area contributed by atoms with Gasteiger partial charge in [-0.05, 0) is 67.4 Å². The molecule has 0 amide bonds. The minimum atomic E-state index is -0.0260. The maximum atomic E-state index is 10.3. The van der Waals surface area contributed by atoms with Gasteiger partial charge >= 0.3 is 0 Å². The van der Waals surface area contributed by atoms with E-state index in [9.17, 15) is 4.79 Å². The number of furan rings is 1. The first-order chi connectivity index (χ1) is 13.4. The SMILES string of the molecule is Cc1cc(O)c(C=O)cc1Cl.Cc1cc2oc(-c3ccncc3)cc2cc1Cl. The number of fused-ring (bicyclic) bond motifs is 1. The van der Waals surface area contributed by atoms with Gasteiger partial charge in [0.2, 0.25) is 0 Å². The Labute approximate surface area is 172 Å². The number of aromatic nitrogens is 1. The van der Waals surface area contributed by atoms with E-state index in [2.05, 4.69) is 4.98 Å². The molecule has 0 spiro atoms. The van der Waals surface area contributed by atoms with Gasteiger partial charge in [-0.2, -0.15) is 0 Å². The minimum Gasteiger partial charge on any atom is -0.507 e. The number of benzene rings is 2. The van der Waals surface area contributed by atoms with Crippen LogP contribution in [0.5, 0.6) is 5.75 Å². The summed E-state index contributed by atoms with van der Waals surface area (Å²) in [6, 6.07) is 12.6. The molecule has 2 aromatic heterocycles. The molecule has 0 bridgehead atoms. The molecule has 28 heavy (non-hydrogen) atoms. The average molecular weight is 414 g/mol. The van der Waals surface area contributed by atoms with E-state index < -0.39 is 0 Å². The number of carbonyl (C=O) groups excluding carboxylic acids is 1. The highest BCUT2D eigenvalue weighted by atomic mass is 35.5. The number of phenols is 1. The molecule has 4 aromatic rings. The molecule has 0 atom stereocenters. The Balaban J connectivity index is 0.000000178. The van der Waals surface area contributed by atoms with E-state index in [-0.39, 0.29) is 11.3 Å². The van der Waals surface area contributed by atoms with E-state index in [4.69, 9.17) is 32.7 Å². The third kappa shape index (κ3) is 4.35. The standard InChI is InChI=1S/C14H10ClNO.C8H7ClO2/c1-9-6-13-11(7-12(9)15)8-14(17-13)10-2-4-16-5-3-10;1-5-2-8(11)6(4-10)3-7(5)9/h2-8H,1H3;2-4,11H,1H3. The van der Waals surface area contributed by atoms with Crippen LogP contribution in [0.4, 0.5) is 0 Å². The molecule has 6 heteroatoms. The zero-order valence-electron chi connectivity index (χ0n) is 15.2. The van der Waals surface area contributed by atoms with Gasteiger partial charge in [0.05, 0.1) is 5.56 Å². The van der Waals surface area contributed by atoms with E-state index in [0.717, 1.165) is 38.4 Å². The minimum absolute atomic E-state index is 0.0260. The van der Waals surface area contributed by atoms with Crippen molar-refractivity contribution in [2.45, 2.75) is 13.8 Å². The van der Waals surface area contributed by atoms with Crippen LogP contribution in [0.3, 0.4) is 0 Å². The summed E-state index contributed by atoms with van der Waals surface area (Å²) < 4.78 is 5.80. The summed E-state index contributed by atoms with van der Waals surface area (Å²) in [6.07, 6.45) is 4.07. The second-order valence-corrected chi connectivity index (χ2v) is 7.08. The van der Waals surface area contributed by atoms with Gasteiger partial charge in [0.1, 0.15) is 17.1 Å². The number of carbonyl (C=O) groups is 1. The summed E-state index contributed by atoms with van der Waals surface area (Å²) >= 11 is 11.8. The van der Waals surface area contributed by atoms with Gasteiger partial charge in [0.25, 0.3) is 0 Å². The lowest BCUT2D eigenvalue weighted by Gasteiger charge is -2.00. The topological polar surface area (TPSA) is 63.3 Å². The van der Waals surface area contributed by atoms with E-state index in [1.165, 1.54) is 12.1 Å². The Kier molecular flexibility index (Phi) is 6.02. The summed E-state index contributed by atoms with van der Waals surface area (Å²) in [5, 5.41) is 11.4. The highest BCUT2D eigenvalue weighted by molar-refractivity contribution is 6.32. The zero-order valence-corrected chi connectivity index (χ0v) is 16.8. The van der Waals surface area contributed by atoms with E-state index in [1.807, 2.05) is 37.3 Å². The second-order valence-electron chi connectivity index (χ2n) is 6.26. The van der Waals surface area contributed by atoms with Crippen LogP contribution in [0.2, 0.25) is 10.0 Å². The Hall–Kier alpha value is -2.82. The molecule has 0 radical (unpaired) electrons. The highest BCUT2D eigenvalue weighted by Crippen LogP contribution is 2.31. The average Bonchev–Trinajstić information content (AvgIpc) is 3.09. The third-order valence-corrected chi connectivity index (χ3v) is 5.01. The van der Waals surface area contributed by atoms with Crippen molar-refractivity contribution >= 4 is 40.5 Å². The second kappa shape index (κ2) is 8.46. The molecule has 4 rings (SSSR count). The molecule has 4 nitrogen and oxygen atoms in total. The van der Waals surface area contributed by atoms with Gasteiger partial charge in [-0.25, -0.2) is 0 Å². The fourth-order valence-electron chi connectivity index (χ4n) is 2.60. The van der Waals surface area contributed by atoms with Crippen molar-refractivity contribution in [1.29, 1.82) is 0 Å². The van der Waals surface area contributed by atoms with Crippen molar-refractivity contribution in [3.05, 3.63) is 81.6 Å². The summed E-state index contributed by atoms with van der Waals surface area (Å²) in [5.41, 5.74) is 3.88. The third-order valence-electron chi connectivity index (χ3n) is 4.20. The molecule has 0 aliphatic rings. The van der Waals surface area contributed by atoms with E-state index in [0.29, 0.717) is 11.3 Å². The highest BCUT2D eigenvalue weighted by Gasteiger charge is 2.08. The smallest absolute Gasteiger partial charge is 0.153 e. The van der Waals surface area contributed by atoms with Crippen LogP contribution < -0.4 is 0 Å². The summed E-state index contributed by atoms with van der Waals surface area (Å²) in [4.78, 5) is 14.3. The normalized spacial score (nSPS) is 10.4.